The first-order chi connectivity index (χ1) is 10.6. The minimum absolute atomic E-state index is 0.111. The molecule has 0 unspecified atom stereocenters. The van der Waals surface area contributed by atoms with Crippen LogP contribution in [0.5, 0.6) is 0 Å². The van der Waals surface area contributed by atoms with Gasteiger partial charge in [0, 0.05) is 26.7 Å². The first kappa shape index (κ1) is 15.2. The summed E-state index contributed by atoms with van der Waals surface area (Å²) in [6, 6.07) is 13.8. The Morgan fingerprint density at radius 3 is 2.64 bits per heavy atom. The number of fused-ring (bicyclic) bond motifs is 2. The van der Waals surface area contributed by atoms with E-state index in [2.05, 4.69) is 4.90 Å². The van der Waals surface area contributed by atoms with Crippen LogP contribution < -0.4 is 5.43 Å². The Labute approximate surface area is 133 Å². The quantitative estimate of drug-likeness (QED) is 0.533. The Morgan fingerprint density at radius 2 is 1.82 bits per heavy atom. The highest BCUT2D eigenvalue weighted by Crippen LogP contribution is 2.25. The minimum Gasteiger partial charge on any atom is -0.375 e. The summed E-state index contributed by atoms with van der Waals surface area (Å²) in [5.41, 5.74) is 1.16. The molecule has 0 aliphatic rings. The summed E-state index contributed by atoms with van der Waals surface area (Å²) in [6.45, 7) is 2.13. The number of nitrogens with zero attached hydrogens (tertiary/aromatic N) is 1. The minimum atomic E-state index is 0.111. The molecule has 114 valence electrons. The van der Waals surface area contributed by atoms with Gasteiger partial charge in [0.1, 0.15) is 0 Å². The van der Waals surface area contributed by atoms with E-state index in [1.54, 1.807) is 11.3 Å². The van der Waals surface area contributed by atoms with Crippen LogP contribution in [0.2, 0.25) is 0 Å². The summed E-state index contributed by atoms with van der Waals surface area (Å²) < 4.78 is 7.73. The van der Waals surface area contributed by atoms with Crippen LogP contribution in [0, 0.1) is 0 Å². The lowest BCUT2D eigenvalue weighted by atomic mass is 10.1. The largest absolute Gasteiger partial charge is 0.375 e. The van der Waals surface area contributed by atoms with Gasteiger partial charge in [-0.05, 0) is 43.9 Å². The Balaban J connectivity index is 1.90. The molecule has 0 aliphatic heterocycles. The van der Waals surface area contributed by atoms with Gasteiger partial charge in [0.2, 0.25) is 0 Å². The van der Waals surface area contributed by atoms with Crippen molar-refractivity contribution in [2.45, 2.75) is 6.61 Å². The van der Waals surface area contributed by atoms with Crippen LogP contribution in [0.4, 0.5) is 0 Å². The molecule has 0 spiro atoms. The average Bonchev–Trinajstić information content (AvgIpc) is 2.52. The van der Waals surface area contributed by atoms with E-state index < -0.39 is 0 Å². The van der Waals surface area contributed by atoms with Crippen molar-refractivity contribution in [1.82, 2.24) is 4.90 Å². The van der Waals surface area contributed by atoms with Crippen LogP contribution in [-0.2, 0) is 11.3 Å². The summed E-state index contributed by atoms with van der Waals surface area (Å²) in [6.07, 6.45) is 0. The highest BCUT2D eigenvalue weighted by molar-refractivity contribution is 7.24. The zero-order valence-corrected chi connectivity index (χ0v) is 13.7. The second kappa shape index (κ2) is 6.57. The van der Waals surface area contributed by atoms with Crippen molar-refractivity contribution in [2.75, 3.05) is 27.2 Å². The van der Waals surface area contributed by atoms with Crippen molar-refractivity contribution in [1.29, 1.82) is 0 Å². The molecule has 4 heteroatoms. The molecule has 0 saturated heterocycles. The normalized spacial score (nSPS) is 11.6. The third-order valence-electron chi connectivity index (χ3n) is 3.59. The average molecular weight is 313 g/mol. The van der Waals surface area contributed by atoms with E-state index in [4.69, 9.17) is 4.74 Å². The number of hydrogen-bond donors (Lipinski definition) is 0. The molecule has 1 aromatic heterocycles. The fourth-order valence-corrected chi connectivity index (χ4v) is 3.43. The van der Waals surface area contributed by atoms with Crippen LogP contribution in [-0.4, -0.2) is 32.1 Å². The first-order valence-corrected chi connectivity index (χ1v) is 8.14. The van der Waals surface area contributed by atoms with Crippen LogP contribution in [0.1, 0.15) is 5.56 Å². The number of benzene rings is 2. The number of ether oxygens (including phenoxy) is 1. The van der Waals surface area contributed by atoms with Crippen molar-refractivity contribution in [3.8, 4) is 0 Å². The lowest BCUT2D eigenvalue weighted by molar-refractivity contribution is 0.105. The van der Waals surface area contributed by atoms with Gasteiger partial charge in [0.05, 0.1) is 13.2 Å². The maximum Gasteiger partial charge on any atom is 0.195 e. The van der Waals surface area contributed by atoms with Gasteiger partial charge < -0.3 is 9.64 Å². The molecule has 3 rings (SSSR count). The van der Waals surface area contributed by atoms with Crippen molar-refractivity contribution in [2.24, 2.45) is 0 Å². The predicted octanol–water partition coefficient (Wildman–Crippen LogP) is 3.49. The van der Waals surface area contributed by atoms with Crippen molar-refractivity contribution in [3.63, 3.8) is 0 Å². The molecule has 0 N–H and O–H groups in total. The zero-order valence-electron chi connectivity index (χ0n) is 12.8. The van der Waals surface area contributed by atoms with Gasteiger partial charge in [0.15, 0.2) is 5.43 Å². The van der Waals surface area contributed by atoms with Crippen molar-refractivity contribution in [3.05, 3.63) is 58.3 Å². The van der Waals surface area contributed by atoms with Gasteiger partial charge in [-0.25, -0.2) is 0 Å². The third kappa shape index (κ3) is 3.19. The lowest BCUT2D eigenvalue weighted by Crippen LogP contribution is -2.17. The summed E-state index contributed by atoms with van der Waals surface area (Å²) >= 11 is 1.66. The van der Waals surface area contributed by atoms with Gasteiger partial charge in [-0.15, -0.1) is 11.3 Å². The second-order valence-corrected chi connectivity index (χ2v) is 6.70. The van der Waals surface area contributed by atoms with Gasteiger partial charge in [-0.3, -0.25) is 4.79 Å². The summed E-state index contributed by atoms with van der Waals surface area (Å²) in [4.78, 5) is 14.7. The molecule has 0 amide bonds. The molecule has 3 aromatic rings. The molecule has 22 heavy (non-hydrogen) atoms. The molecule has 0 radical (unpaired) electrons. The number of rotatable bonds is 5. The Hall–Kier alpha value is -1.75. The highest BCUT2D eigenvalue weighted by atomic mass is 32.1. The van der Waals surface area contributed by atoms with Crippen LogP contribution in [0.25, 0.3) is 20.2 Å². The molecule has 0 fully saturated rings. The molecule has 0 atom stereocenters. The standard InChI is InChI=1S/C18H19NO2S/c1-19(2)9-10-21-12-13-7-8-17-15(11-13)18(20)14-5-3-4-6-16(14)22-17/h3-8,11H,9-10,12H2,1-2H3. The molecular formula is C18H19NO2S. The molecule has 0 saturated carbocycles. The molecule has 3 nitrogen and oxygen atoms in total. The van der Waals surface area contributed by atoms with Gasteiger partial charge in [-0.2, -0.15) is 0 Å². The van der Waals surface area contributed by atoms with E-state index in [1.807, 2.05) is 56.6 Å². The van der Waals surface area contributed by atoms with E-state index in [1.165, 1.54) is 0 Å². The summed E-state index contributed by atoms with van der Waals surface area (Å²) in [5, 5.41) is 1.59. The molecule has 0 aliphatic carbocycles. The predicted molar refractivity (Wildman–Crippen MR) is 93.8 cm³/mol. The monoisotopic (exact) mass is 313 g/mol. The molecule has 0 bridgehead atoms. The molecular weight excluding hydrogens is 294 g/mol. The smallest absolute Gasteiger partial charge is 0.195 e. The Kier molecular flexibility index (Phi) is 4.52. The Morgan fingerprint density at radius 1 is 1.05 bits per heavy atom. The van der Waals surface area contributed by atoms with E-state index in [0.29, 0.717) is 13.2 Å². The van der Waals surface area contributed by atoms with Crippen LogP contribution in [0.15, 0.2) is 47.3 Å². The Bertz CT molecular complexity index is 854. The van der Waals surface area contributed by atoms with Gasteiger partial charge in [-0.1, -0.05) is 18.2 Å². The fourth-order valence-electron chi connectivity index (χ4n) is 2.38. The van der Waals surface area contributed by atoms with E-state index in [0.717, 1.165) is 32.3 Å². The van der Waals surface area contributed by atoms with Crippen molar-refractivity contribution < 1.29 is 4.74 Å². The number of hydrogen-bond acceptors (Lipinski definition) is 4. The highest BCUT2D eigenvalue weighted by Gasteiger charge is 2.06. The van der Waals surface area contributed by atoms with Crippen molar-refractivity contribution >= 4 is 31.5 Å². The topological polar surface area (TPSA) is 29.5 Å². The van der Waals surface area contributed by atoms with E-state index >= 15 is 0 Å². The first-order valence-electron chi connectivity index (χ1n) is 7.32. The van der Waals surface area contributed by atoms with Gasteiger partial charge >= 0.3 is 0 Å². The van der Waals surface area contributed by atoms with Crippen LogP contribution in [0.3, 0.4) is 0 Å². The SMILES string of the molecule is CN(C)CCOCc1ccc2sc3ccccc3c(=O)c2c1. The lowest BCUT2D eigenvalue weighted by Gasteiger charge is -2.10. The van der Waals surface area contributed by atoms with Crippen LogP contribution >= 0.6 is 11.3 Å². The van der Waals surface area contributed by atoms with E-state index in [-0.39, 0.29) is 5.43 Å². The van der Waals surface area contributed by atoms with E-state index in [9.17, 15) is 4.79 Å². The summed E-state index contributed by atoms with van der Waals surface area (Å²) in [5.74, 6) is 0. The third-order valence-corrected chi connectivity index (χ3v) is 4.74. The maximum absolute atomic E-state index is 12.6. The number of likely N-dealkylation sites (N-methyl/N-ethyl adjacent to an activating group) is 1. The molecule has 1 heterocycles. The fraction of sp³-hybridized carbons (Fsp3) is 0.278. The zero-order chi connectivity index (χ0) is 15.5. The summed E-state index contributed by atoms with van der Waals surface area (Å²) in [7, 11) is 4.05. The van der Waals surface area contributed by atoms with Gasteiger partial charge in [0.25, 0.3) is 0 Å². The molecule has 2 aromatic carbocycles. The maximum atomic E-state index is 12.6. The second-order valence-electron chi connectivity index (χ2n) is 5.61.